The van der Waals surface area contributed by atoms with E-state index in [0.29, 0.717) is 28.9 Å². The van der Waals surface area contributed by atoms with Crippen LogP contribution in [0.1, 0.15) is 66.0 Å². The minimum atomic E-state index is -0.601. The number of carbonyl (C=O) groups excluding carboxylic acids is 3. The van der Waals surface area contributed by atoms with Crippen molar-refractivity contribution >= 4 is 28.8 Å². The molecule has 2 unspecified atom stereocenters. The molecule has 1 saturated heterocycles. The van der Waals surface area contributed by atoms with E-state index in [1.165, 1.54) is 31.2 Å². The highest BCUT2D eigenvalue weighted by Gasteiger charge is 2.36. The largest absolute Gasteiger partial charge is 0.497 e. The van der Waals surface area contributed by atoms with Gasteiger partial charge < -0.3 is 18.9 Å². The van der Waals surface area contributed by atoms with Gasteiger partial charge in [0.25, 0.3) is 0 Å². The first kappa shape index (κ1) is 33.3. The van der Waals surface area contributed by atoms with E-state index < -0.39 is 24.0 Å². The van der Waals surface area contributed by atoms with Gasteiger partial charge in [-0.2, -0.15) is 0 Å². The lowest BCUT2D eigenvalue weighted by Crippen LogP contribution is -2.48. The van der Waals surface area contributed by atoms with Crippen molar-refractivity contribution in [3.63, 3.8) is 0 Å². The molecule has 0 saturated carbocycles. The molecule has 9 nitrogen and oxygen atoms in total. The van der Waals surface area contributed by atoms with Gasteiger partial charge in [0.1, 0.15) is 23.4 Å². The van der Waals surface area contributed by atoms with Gasteiger partial charge in [-0.3, -0.25) is 14.7 Å². The van der Waals surface area contributed by atoms with Crippen LogP contribution < -0.4 is 14.2 Å². The summed E-state index contributed by atoms with van der Waals surface area (Å²) in [6.07, 6.45) is 4.95. The van der Waals surface area contributed by atoms with Crippen LogP contribution in [0.15, 0.2) is 91.6 Å². The number of hydrogen-bond acceptors (Lipinski definition) is 9. The molecule has 1 fully saturated rings. The number of esters is 3. The number of nitrogens with zero attached hydrogens (tertiary/aromatic N) is 2. The van der Waals surface area contributed by atoms with Crippen LogP contribution in [-0.2, 0) is 9.53 Å². The van der Waals surface area contributed by atoms with Crippen LogP contribution in [0.3, 0.4) is 0 Å². The molecule has 1 aliphatic rings. The molecular formula is C38H40N2O7. The van der Waals surface area contributed by atoms with Crippen molar-refractivity contribution in [2.24, 2.45) is 11.8 Å². The van der Waals surface area contributed by atoms with E-state index in [0.717, 1.165) is 42.4 Å². The molecule has 0 amide bonds. The molecule has 0 spiro atoms. The Morgan fingerprint density at radius 2 is 1.57 bits per heavy atom. The van der Waals surface area contributed by atoms with Gasteiger partial charge in [0.15, 0.2) is 0 Å². The Hall–Kier alpha value is -5.02. The molecule has 1 aliphatic heterocycles. The second-order valence-electron chi connectivity index (χ2n) is 11.8. The van der Waals surface area contributed by atoms with Gasteiger partial charge in [-0.05, 0) is 104 Å². The van der Waals surface area contributed by atoms with E-state index >= 15 is 0 Å². The molecule has 2 heterocycles. The average molecular weight is 637 g/mol. The Labute approximate surface area is 275 Å². The summed E-state index contributed by atoms with van der Waals surface area (Å²) in [7, 11) is 1.62. The summed E-state index contributed by atoms with van der Waals surface area (Å²) in [5.41, 5.74) is 2.24. The Bertz CT molecular complexity index is 1740. The van der Waals surface area contributed by atoms with E-state index in [1.54, 1.807) is 37.6 Å². The molecule has 1 aromatic heterocycles. The average Bonchev–Trinajstić information content (AvgIpc) is 3.08. The molecule has 4 aromatic rings. The molecule has 0 bridgehead atoms. The van der Waals surface area contributed by atoms with Gasteiger partial charge in [0, 0.05) is 30.6 Å². The molecule has 5 rings (SSSR count). The Kier molecular flexibility index (Phi) is 10.7. The number of rotatable bonds is 11. The number of methoxy groups -OCH3 is 1. The standard InChI is InChI=1S/C38H40N2O7/c1-6-26-23-40(21-19-24(26)3)35(7-2)36(32-18-20-39-34-17-16-31(44-5)22-33(32)34)47-38(43)28-10-14-30(15-11-28)46-37(42)27-8-12-29(13-9-27)45-25(4)41/h6,8-18,20,22,24,26,35-36H,1,7,19,21,23H2,2-5H3/t24?,26?,35-,36+/m0/s1. The van der Waals surface area contributed by atoms with Gasteiger partial charge in [-0.15, -0.1) is 6.58 Å². The van der Waals surface area contributed by atoms with Crippen molar-refractivity contribution < 1.29 is 33.3 Å². The number of likely N-dealkylation sites (tertiary alicyclic amines) is 1. The Balaban J connectivity index is 1.39. The number of piperidine rings is 1. The molecule has 244 valence electrons. The zero-order valence-electron chi connectivity index (χ0n) is 27.2. The second kappa shape index (κ2) is 15.0. The van der Waals surface area contributed by atoms with Gasteiger partial charge >= 0.3 is 17.9 Å². The first-order valence-electron chi connectivity index (χ1n) is 15.8. The van der Waals surface area contributed by atoms with Crippen LogP contribution in [0.2, 0.25) is 0 Å². The van der Waals surface area contributed by atoms with Crippen LogP contribution in [-0.4, -0.2) is 54.0 Å². The second-order valence-corrected chi connectivity index (χ2v) is 11.8. The predicted octanol–water partition coefficient (Wildman–Crippen LogP) is 7.21. The van der Waals surface area contributed by atoms with Gasteiger partial charge in [-0.1, -0.05) is 19.9 Å². The van der Waals surface area contributed by atoms with Gasteiger partial charge in [0.05, 0.1) is 29.8 Å². The van der Waals surface area contributed by atoms with Crippen LogP contribution in [0, 0.1) is 11.8 Å². The highest BCUT2D eigenvalue weighted by Crippen LogP contribution is 2.37. The zero-order chi connectivity index (χ0) is 33.5. The van der Waals surface area contributed by atoms with Crippen LogP contribution in [0.4, 0.5) is 0 Å². The maximum absolute atomic E-state index is 13.8. The fourth-order valence-corrected chi connectivity index (χ4v) is 6.10. The summed E-state index contributed by atoms with van der Waals surface area (Å²) >= 11 is 0. The number of hydrogen-bond donors (Lipinski definition) is 0. The van der Waals surface area contributed by atoms with Gasteiger partial charge in [0.2, 0.25) is 0 Å². The molecule has 9 heteroatoms. The molecular weight excluding hydrogens is 596 g/mol. The third-order valence-corrected chi connectivity index (χ3v) is 8.76. The molecule has 0 N–H and O–H groups in total. The topological polar surface area (TPSA) is 104 Å². The molecule has 0 radical (unpaired) electrons. The summed E-state index contributed by atoms with van der Waals surface area (Å²) < 4.78 is 22.5. The Morgan fingerprint density at radius 1 is 0.936 bits per heavy atom. The summed E-state index contributed by atoms with van der Waals surface area (Å²) in [5.74, 6) is 0.617. The van der Waals surface area contributed by atoms with Crippen LogP contribution in [0.5, 0.6) is 17.2 Å². The minimum absolute atomic E-state index is 0.0989. The molecule has 0 aliphatic carbocycles. The van der Waals surface area contributed by atoms with E-state index in [4.69, 9.17) is 18.9 Å². The van der Waals surface area contributed by atoms with Gasteiger partial charge in [-0.25, -0.2) is 9.59 Å². The number of pyridine rings is 1. The fourth-order valence-electron chi connectivity index (χ4n) is 6.10. The normalized spacial score (nSPS) is 17.7. The van der Waals surface area contributed by atoms with E-state index in [9.17, 15) is 14.4 Å². The van der Waals surface area contributed by atoms with Crippen molar-refractivity contribution in [1.29, 1.82) is 0 Å². The summed E-state index contributed by atoms with van der Waals surface area (Å²) in [4.78, 5) is 44.6. The first-order chi connectivity index (χ1) is 22.7. The number of benzene rings is 3. The first-order valence-corrected chi connectivity index (χ1v) is 15.8. The maximum atomic E-state index is 13.8. The molecule has 47 heavy (non-hydrogen) atoms. The smallest absolute Gasteiger partial charge is 0.343 e. The lowest BCUT2D eigenvalue weighted by molar-refractivity contribution is -0.131. The van der Waals surface area contributed by atoms with Crippen molar-refractivity contribution in [2.75, 3.05) is 20.2 Å². The van der Waals surface area contributed by atoms with Crippen LogP contribution in [0.25, 0.3) is 10.9 Å². The number of carbonyl (C=O) groups is 3. The quantitative estimate of drug-likeness (QED) is 0.0960. The Morgan fingerprint density at radius 3 is 2.19 bits per heavy atom. The maximum Gasteiger partial charge on any atom is 0.343 e. The third kappa shape index (κ3) is 7.86. The number of aromatic nitrogens is 1. The summed E-state index contributed by atoms with van der Waals surface area (Å²) in [6.45, 7) is 11.5. The summed E-state index contributed by atoms with van der Waals surface area (Å²) in [6, 6.07) is 19.8. The van der Waals surface area contributed by atoms with Crippen LogP contribution >= 0.6 is 0 Å². The number of fused-ring (bicyclic) bond motifs is 1. The lowest BCUT2D eigenvalue weighted by atomic mass is 9.85. The summed E-state index contributed by atoms with van der Waals surface area (Å²) in [5, 5.41) is 0.858. The monoisotopic (exact) mass is 636 g/mol. The van der Waals surface area contributed by atoms with E-state index in [-0.39, 0.29) is 17.4 Å². The highest BCUT2D eigenvalue weighted by molar-refractivity contribution is 5.92. The predicted molar refractivity (Wildman–Crippen MR) is 179 cm³/mol. The zero-order valence-corrected chi connectivity index (χ0v) is 27.2. The number of ether oxygens (including phenoxy) is 4. The van der Waals surface area contributed by atoms with Crippen molar-refractivity contribution in [1.82, 2.24) is 9.88 Å². The molecule has 3 aromatic carbocycles. The lowest BCUT2D eigenvalue weighted by Gasteiger charge is -2.43. The van der Waals surface area contributed by atoms with E-state index in [2.05, 4.69) is 30.3 Å². The van der Waals surface area contributed by atoms with E-state index in [1.807, 2.05) is 30.3 Å². The van der Waals surface area contributed by atoms with Crippen molar-refractivity contribution in [3.8, 4) is 17.2 Å². The molecule has 4 atom stereocenters. The third-order valence-electron chi connectivity index (χ3n) is 8.76. The fraction of sp³-hybridized carbons (Fsp3) is 0.316. The SMILES string of the molecule is C=CC1CN([C@@H](CC)[C@H](OC(=O)c2ccc(OC(=O)c3ccc(OC(C)=O)cc3)cc2)c2ccnc3ccc(OC)cc23)CCC1C. The highest BCUT2D eigenvalue weighted by atomic mass is 16.5. The minimum Gasteiger partial charge on any atom is -0.497 e. The van der Waals surface area contributed by atoms with Crippen molar-refractivity contribution in [3.05, 3.63) is 108 Å². The van der Waals surface area contributed by atoms with Crippen molar-refractivity contribution in [2.45, 2.75) is 45.8 Å².